The molecule has 0 aliphatic heterocycles. The van der Waals surface area contributed by atoms with E-state index in [-0.39, 0.29) is 17.7 Å². The van der Waals surface area contributed by atoms with Crippen LogP contribution in [0.3, 0.4) is 0 Å². The number of thiazole rings is 1. The highest BCUT2D eigenvalue weighted by Gasteiger charge is 2.42. The molecule has 2 saturated carbocycles. The number of benzene rings is 1. The minimum absolute atomic E-state index is 0.00281. The molecule has 4 atom stereocenters. The highest BCUT2D eigenvalue weighted by molar-refractivity contribution is 7.13. The molecule has 1 aromatic carbocycles. The van der Waals surface area contributed by atoms with Crippen LogP contribution in [0.15, 0.2) is 29.8 Å². The maximum atomic E-state index is 15.1. The van der Waals surface area contributed by atoms with Crippen LogP contribution in [-0.2, 0) is 0 Å². The van der Waals surface area contributed by atoms with Gasteiger partial charge in [-0.25, -0.2) is 14.4 Å². The predicted molar refractivity (Wildman–Crippen MR) is 120 cm³/mol. The van der Waals surface area contributed by atoms with Gasteiger partial charge in [0.2, 0.25) is 0 Å². The molecule has 2 aromatic heterocycles. The molecule has 32 heavy (non-hydrogen) atoms. The molecule has 0 amide bonds. The number of alkyl halides is 1. The molecule has 1 N–H and O–H groups in total. The quantitative estimate of drug-likeness (QED) is 0.620. The second kappa shape index (κ2) is 8.43. The highest BCUT2D eigenvalue weighted by Crippen LogP contribution is 2.43. The van der Waals surface area contributed by atoms with Gasteiger partial charge in [0.15, 0.2) is 17.3 Å². The first kappa shape index (κ1) is 20.8. The Bertz CT molecular complexity index is 1160. The topological polar surface area (TPSA) is 98.8 Å². The fourth-order valence-electron chi connectivity index (χ4n) is 5.03. The first-order valence-corrected chi connectivity index (χ1v) is 11.7. The average Bonchev–Trinajstić information content (AvgIpc) is 3.31. The van der Waals surface area contributed by atoms with E-state index in [0.29, 0.717) is 39.4 Å². The van der Waals surface area contributed by atoms with Crippen LogP contribution in [0.5, 0.6) is 5.75 Å². The largest absolute Gasteiger partial charge is 0.507 e. The summed E-state index contributed by atoms with van der Waals surface area (Å²) in [6.45, 7) is 0. The number of nitrogens with zero attached hydrogens (tertiary/aromatic N) is 6. The summed E-state index contributed by atoms with van der Waals surface area (Å²) in [5.41, 5.74) is 1.50. The van der Waals surface area contributed by atoms with Crippen LogP contribution in [0.25, 0.3) is 22.0 Å². The van der Waals surface area contributed by atoms with Crippen molar-refractivity contribution in [2.24, 2.45) is 11.8 Å². The molecular formula is C23H23FN6OS. The minimum atomic E-state index is -0.859. The number of phenols is 1. The zero-order valence-electron chi connectivity index (χ0n) is 17.6. The van der Waals surface area contributed by atoms with Gasteiger partial charge in [-0.2, -0.15) is 5.26 Å². The van der Waals surface area contributed by atoms with Crippen LogP contribution in [0, 0.1) is 23.2 Å². The van der Waals surface area contributed by atoms with Crippen molar-refractivity contribution in [1.82, 2.24) is 20.2 Å². The molecule has 0 radical (unpaired) electrons. The highest BCUT2D eigenvalue weighted by atomic mass is 32.1. The zero-order chi connectivity index (χ0) is 22.2. The molecule has 0 spiro atoms. The van der Waals surface area contributed by atoms with Crippen LogP contribution in [0.4, 0.5) is 10.2 Å². The van der Waals surface area contributed by atoms with E-state index >= 15 is 4.39 Å². The predicted octanol–water partition coefficient (Wildman–Crippen LogP) is 4.59. The van der Waals surface area contributed by atoms with Crippen molar-refractivity contribution in [3.63, 3.8) is 0 Å². The van der Waals surface area contributed by atoms with Crippen LogP contribution < -0.4 is 4.90 Å². The third-order valence-corrected chi connectivity index (χ3v) is 7.62. The van der Waals surface area contributed by atoms with Gasteiger partial charge in [-0.3, -0.25) is 0 Å². The number of aromatic hydroxyl groups is 1. The number of rotatable bonds is 4. The molecule has 3 aromatic rings. The molecule has 2 bridgehead atoms. The molecular weight excluding hydrogens is 427 g/mol. The van der Waals surface area contributed by atoms with Crippen molar-refractivity contribution < 1.29 is 9.50 Å². The number of hydrogen-bond acceptors (Lipinski definition) is 8. The second-order valence-corrected chi connectivity index (χ2v) is 9.53. The van der Waals surface area contributed by atoms with Gasteiger partial charge in [0.1, 0.15) is 23.0 Å². The lowest BCUT2D eigenvalue weighted by atomic mass is 9.69. The lowest BCUT2D eigenvalue weighted by Gasteiger charge is -2.45. The number of fused-ring (bicyclic) bond motifs is 2. The standard InChI is InChI=1S/C23H23FN6OS/c1-30(18-8-13-3-2-4-14(7-13)21(18)24)20-11-26-22(29-28-20)17-6-5-15(9-19(17)31)23-27-16(10-25)12-32-23/h5-6,9,11-14,18,21,31H,2-4,7-8H2,1H3/t13-,14+,18+,21-/m0/s1. The Hall–Kier alpha value is -3.12. The van der Waals surface area contributed by atoms with Crippen molar-refractivity contribution in [1.29, 1.82) is 5.26 Å². The monoisotopic (exact) mass is 450 g/mol. The maximum Gasteiger partial charge on any atom is 0.185 e. The average molecular weight is 451 g/mol. The number of aromatic nitrogens is 4. The molecule has 2 heterocycles. The van der Waals surface area contributed by atoms with E-state index in [2.05, 4.69) is 20.2 Å². The lowest BCUT2D eigenvalue weighted by molar-refractivity contribution is 0.0656. The zero-order valence-corrected chi connectivity index (χ0v) is 18.5. The van der Waals surface area contributed by atoms with Gasteiger partial charge >= 0.3 is 0 Å². The third kappa shape index (κ3) is 3.79. The molecule has 5 rings (SSSR count). The Morgan fingerprint density at radius 3 is 2.84 bits per heavy atom. The lowest BCUT2D eigenvalue weighted by Crippen LogP contribution is -2.49. The maximum absolute atomic E-state index is 15.1. The van der Waals surface area contributed by atoms with E-state index in [4.69, 9.17) is 5.26 Å². The normalized spacial score (nSPS) is 24.7. The van der Waals surface area contributed by atoms with Crippen molar-refractivity contribution in [3.05, 3.63) is 35.5 Å². The van der Waals surface area contributed by atoms with E-state index in [9.17, 15) is 5.11 Å². The third-order valence-electron chi connectivity index (χ3n) is 6.73. The van der Waals surface area contributed by atoms with Gasteiger partial charge in [0.25, 0.3) is 0 Å². The molecule has 164 valence electrons. The van der Waals surface area contributed by atoms with Crippen molar-refractivity contribution in [2.75, 3.05) is 11.9 Å². The first-order chi connectivity index (χ1) is 15.5. The molecule has 0 saturated heterocycles. The number of phenolic OH excluding ortho intramolecular Hbond substituents is 1. The fraction of sp³-hybridized carbons (Fsp3) is 0.435. The molecule has 2 aliphatic rings. The van der Waals surface area contributed by atoms with Crippen LogP contribution in [0.1, 0.15) is 37.8 Å². The summed E-state index contributed by atoms with van der Waals surface area (Å²) in [5.74, 6) is 1.56. The molecule has 2 fully saturated rings. The van der Waals surface area contributed by atoms with Crippen LogP contribution >= 0.6 is 11.3 Å². The summed E-state index contributed by atoms with van der Waals surface area (Å²) in [7, 11) is 1.86. The molecule has 0 unspecified atom stereocenters. The van der Waals surface area contributed by atoms with Crippen LogP contribution in [0.2, 0.25) is 0 Å². The fourth-order valence-corrected chi connectivity index (χ4v) is 5.77. The SMILES string of the molecule is CN(c1cnc(-c2ccc(-c3nc(C#N)cs3)cc2O)nn1)[C@@H]1C[C@H]2CCC[C@H](C2)[C@@H]1F. The van der Waals surface area contributed by atoms with Crippen LogP contribution in [-0.4, -0.2) is 44.5 Å². The summed E-state index contributed by atoms with van der Waals surface area (Å²) < 4.78 is 15.1. The number of nitriles is 1. The van der Waals surface area contributed by atoms with Gasteiger partial charge in [-0.15, -0.1) is 21.5 Å². The smallest absolute Gasteiger partial charge is 0.185 e. The van der Waals surface area contributed by atoms with E-state index in [0.717, 1.165) is 25.7 Å². The minimum Gasteiger partial charge on any atom is -0.507 e. The number of halogens is 1. The number of anilines is 1. The summed E-state index contributed by atoms with van der Waals surface area (Å²) >= 11 is 1.34. The van der Waals surface area contributed by atoms with E-state index in [1.54, 1.807) is 29.8 Å². The Morgan fingerprint density at radius 1 is 1.25 bits per heavy atom. The van der Waals surface area contributed by atoms with Gasteiger partial charge in [0, 0.05) is 18.0 Å². The molecule has 9 heteroatoms. The van der Waals surface area contributed by atoms with Gasteiger partial charge in [0.05, 0.1) is 17.8 Å². The number of hydrogen-bond donors (Lipinski definition) is 1. The Morgan fingerprint density at radius 2 is 2.12 bits per heavy atom. The summed E-state index contributed by atoms with van der Waals surface area (Å²) in [6, 6.07) is 6.88. The Kier molecular flexibility index (Phi) is 5.47. The molecule has 7 nitrogen and oxygen atoms in total. The Balaban J connectivity index is 1.35. The summed E-state index contributed by atoms with van der Waals surface area (Å²) in [5, 5.41) is 30.3. The summed E-state index contributed by atoms with van der Waals surface area (Å²) in [4.78, 5) is 10.5. The van der Waals surface area contributed by atoms with Crippen molar-refractivity contribution in [3.8, 4) is 33.8 Å². The van der Waals surface area contributed by atoms with Crippen molar-refractivity contribution >= 4 is 17.2 Å². The van der Waals surface area contributed by atoms with E-state index in [1.165, 1.54) is 17.8 Å². The second-order valence-electron chi connectivity index (χ2n) is 8.67. The van der Waals surface area contributed by atoms with E-state index in [1.807, 2.05) is 18.0 Å². The van der Waals surface area contributed by atoms with E-state index < -0.39 is 6.17 Å². The first-order valence-electron chi connectivity index (χ1n) is 10.8. The molecule has 2 aliphatic carbocycles. The van der Waals surface area contributed by atoms with Gasteiger partial charge in [-0.1, -0.05) is 18.9 Å². The Labute approximate surface area is 189 Å². The summed E-state index contributed by atoms with van der Waals surface area (Å²) in [6.07, 6.45) is 5.86. The van der Waals surface area contributed by atoms with Gasteiger partial charge < -0.3 is 10.0 Å². The van der Waals surface area contributed by atoms with Gasteiger partial charge in [-0.05, 0) is 43.2 Å². The van der Waals surface area contributed by atoms with Crippen molar-refractivity contribution in [2.45, 2.75) is 44.3 Å².